The number of fused-ring (bicyclic) bond motifs is 1. The maximum Gasteiger partial charge on any atom is 0.410 e. The molecule has 1 fully saturated rings. The highest BCUT2D eigenvalue weighted by Gasteiger charge is 2.32. The highest BCUT2D eigenvalue weighted by molar-refractivity contribution is 5.68. The number of amides is 1. The Labute approximate surface area is 131 Å². The van der Waals surface area contributed by atoms with Crippen LogP contribution in [0.2, 0.25) is 0 Å². The highest BCUT2D eigenvalue weighted by Crippen LogP contribution is 2.24. The van der Waals surface area contributed by atoms with Gasteiger partial charge in [0, 0.05) is 25.7 Å². The molecule has 122 valence electrons. The highest BCUT2D eigenvalue weighted by atomic mass is 16.6. The lowest BCUT2D eigenvalue weighted by Gasteiger charge is -2.27. The van der Waals surface area contributed by atoms with Crippen LogP contribution < -0.4 is 5.32 Å². The van der Waals surface area contributed by atoms with E-state index in [-0.39, 0.29) is 12.1 Å². The molecule has 3 rings (SSSR count). The number of aromatic nitrogens is 3. The van der Waals surface area contributed by atoms with Gasteiger partial charge in [-0.1, -0.05) is 0 Å². The number of hydrogen-bond donors (Lipinski definition) is 1. The monoisotopic (exact) mass is 307 g/mol. The molecule has 0 aliphatic carbocycles. The minimum Gasteiger partial charge on any atom is -0.444 e. The van der Waals surface area contributed by atoms with Crippen molar-refractivity contribution in [3.8, 4) is 0 Å². The fourth-order valence-electron chi connectivity index (χ4n) is 3.12. The average molecular weight is 307 g/mol. The fraction of sp³-hybridized carbons (Fsp3) is 0.800. The van der Waals surface area contributed by atoms with Gasteiger partial charge >= 0.3 is 6.09 Å². The van der Waals surface area contributed by atoms with Gasteiger partial charge < -0.3 is 15.0 Å². The third-order valence-corrected chi connectivity index (χ3v) is 4.10. The van der Waals surface area contributed by atoms with Crippen molar-refractivity contribution in [1.82, 2.24) is 25.0 Å². The molecular formula is C15H25N5O2. The number of ether oxygens (including phenoxy) is 1. The molecule has 22 heavy (non-hydrogen) atoms. The molecule has 7 heteroatoms. The number of rotatable bonds is 2. The average Bonchev–Trinajstić information content (AvgIpc) is 3.05. The molecule has 7 nitrogen and oxygen atoms in total. The Bertz CT molecular complexity index is 536. The number of nitrogens with zero attached hydrogens (tertiary/aromatic N) is 4. The smallest absolute Gasteiger partial charge is 0.410 e. The Morgan fingerprint density at radius 3 is 2.95 bits per heavy atom. The van der Waals surface area contributed by atoms with Crippen LogP contribution in [0, 0.1) is 0 Å². The van der Waals surface area contributed by atoms with Gasteiger partial charge in [-0.25, -0.2) is 14.5 Å². The molecule has 0 radical (unpaired) electrons. The zero-order valence-electron chi connectivity index (χ0n) is 13.6. The van der Waals surface area contributed by atoms with Crippen LogP contribution in [0.3, 0.4) is 0 Å². The fourth-order valence-corrected chi connectivity index (χ4v) is 3.12. The van der Waals surface area contributed by atoms with Crippen LogP contribution in [0.4, 0.5) is 4.79 Å². The topological polar surface area (TPSA) is 72.3 Å². The van der Waals surface area contributed by atoms with Crippen molar-refractivity contribution in [2.75, 3.05) is 13.1 Å². The van der Waals surface area contributed by atoms with Crippen molar-refractivity contribution in [2.24, 2.45) is 0 Å². The molecule has 1 N–H and O–H groups in total. The van der Waals surface area contributed by atoms with Crippen LogP contribution in [-0.4, -0.2) is 50.5 Å². The summed E-state index contributed by atoms with van der Waals surface area (Å²) in [4.78, 5) is 18.3. The van der Waals surface area contributed by atoms with Crippen molar-refractivity contribution >= 4 is 6.09 Å². The van der Waals surface area contributed by atoms with Gasteiger partial charge in [-0.15, -0.1) is 0 Å². The first-order valence-electron chi connectivity index (χ1n) is 8.04. The zero-order valence-corrected chi connectivity index (χ0v) is 13.6. The molecule has 2 aliphatic rings. The molecule has 2 atom stereocenters. The van der Waals surface area contributed by atoms with E-state index in [1.165, 1.54) is 0 Å². The summed E-state index contributed by atoms with van der Waals surface area (Å²) in [5.41, 5.74) is -0.442. The van der Waals surface area contributed by atoms with Crippen molar-refractivity contribution < 1.29 is 9.53 Å². The predicted molar refractivity (Wildman–Crippen MR) is 81.3 cm³/mol. The van der Waals surface area contributed by atoms with Crippen LogP contribution >= 0.6 is 0 Å². The molecule has 1 aromatic rings. The van der Waals surface area contributed by atoms with Crippen LogP contribution in [-0.2, 0) is 11.3 Å². The molecule has 0 spiro atoms. The summed E-state index contributed by atoms with van der Waals surface area (Å²) >= 11 is 0. The summed E-state index contributed by atoms with van der Waals surface area (Å²) in [7, 11) is 0. The standard InChI is InChI=1S/C15H25N5O2/c1-15(2,3)22-14(21)19-8-6-11(9-19)18-12-5-4-7-20-13(12)16-10-17-20/h10-12,18H,4-9H2,1-3H3/t11-,12-/m0/s1. The summed E-state index contributed by atoms with van der Waals surface area (Å²) in [6, 6.07) is 0.528. The first-order chi connectivity index (χ1) is 10.4. The van der Waals surface area contributed by atoms with E-state index in [9.17, 15) is 4.79 Å². The van der Waals surface area contributed by atoms with E-state index in [4.69, 9.17) is 4.74 Å². The number of aryl methyl sites for hydroxylation is 1. The third kappa shape index (κ3) is 3.40. The molecule has 2 aliphatic heterocycles. The van der Waals surface area contributed by atoms with E-state index < -0.39 is 5.60 Å². The Kier molecular flexibility index (Phi) is 4.08. The van der Waals surface area contributed by atoms with E-state index in [1.54, 1.807) is 11.2 Å². The number of carbonyl (C=O) groups excluding carboxylic acids is 1. The van der Waals surface area contributed by atoms with Gasteiger partial charge in [0.25, 0.3) is 0 Å². The van der Waals surface area contributed by atoms with E-state index in [1.807, 2.05) is 25.5 Å². The zero-order chi connectivity index (χ0) is 15.7. The van der Waals surface area contributed by atoms with Crippen molar-refractivity contribution in [3.63, 3.8) is 0 Å². The van der Waals surface area contributed by atoms with Gasteiger partial charge in [-0.2, -0.15) is 5.10 Å². The summed E-state index contributed by atoms with van der Waals surface area (Å²) in [6.07, 6.45) is 4.53. The maximum absolute atomic E-state index is 12.1. The summed E-state index contributed by atoms with van der Waals surface area (Å²) in [5.74, 6) is 1.02. The minimum absolute atomic E-state index is 0.219. The molecule has 1 aromatic heterocycles. The maximum atomic E-state index is 12.1. The van der Waals surface area contributed by atoms with Gasteiger partial charge in [0.1, 0.15) is 17.8 Å². The number of hydrogen-bond acceptors (Lipinski definition) is 5. The van der Waals surface area contributed by atoms with Crippen LogP contribution in [0.15, 0.2) is 6.33 Å². The number of carbonyl (C=O) groups is 1. The molecule has 1 amide bonds. The SMILES string of the molecule is CC(C)(C)OC(=O)N1CC[C@H](N[C@H]2CCCn3ncnc32)C1. The molecule has 0 saturated carbocycles. The second-order valence-corrected chi connectivity index (χ2v) is 7.11. The second kappa shape index (κ2) is 5.87. The van der Waals surface area contributed by atoms with E-state index in [2.05, 4.69) is 15.4 Å². The van der Waals surface area contributed by atoms with Crippen molar-refractivity contribution in [1.29, 1.82) is 0 Å². The Hall–Kier alpha value is -1.63. The van der Waals surface area contributed by atoms with Gasteiger partial charge in [0.2, 0.25) is 0 Å². The van der Waals surface area contributed by atoms with E-state index >= 15 is 0 Å². The van der Waals surface area contributed by atoms with Gasteiger partial charge in [0.15, 0.2) is 0 Å². The minimum atomic E-state index is -0.442. The lowest BCUT2D eigenvalue weighted by molar-refractivity contribution is 0.0290. The lowest BCUT2D eigenvalue weighted by atomic mass is 10.1. The molecule has 3 heterocycles. The lowest BCUT2D eigenvalue weighted by Crippen LogP contribution is -2.40. The molecular weight excluding hydrogens is 282 g/mol. The summed E-state index contributed by atoms with van der Waals surface area (Å²) < 4.78 is 7.41. The number of nitrogens with one attached hydrogen (secondary N) is 1. The van der Waals surface area contributed by atoms with Crippen LogP contribution in [0.1, 0.15) is 51.9 Å². The van der Waals surface area contributed by atoms with Crippen molar-refractivity contribution in [2.45, 2.75) is 64.3 Å². The largest absolute Gasteiger partial charge is 0.444 e. The first kappa shape index (κ1) is 15.3. The van der Waals surface area contributed by atoms with E-state index in [0.717, 1.165) is 38.2 Å². The predicted octanol–water partition coefficient (Wildman–Crippen LogP) is 1.71. The van der Waals surface area contributed by atoms with Crippen molar-refractivity contribution in [3.05, 3.63) is 12.2 Å². The third-order valence-electron chi connectivity index (χ3n) is 4.10. The second-order valence-electron chi connectivity index (χ2n) is 7.11. The normalized spacial score (nSPS) is 25.1. The summed E-state index contributed by atoms with van der Waals surface area (Å²) in [5, 5.41) is 7.88. The van der Waals surface area contributed by atoms with Gasteiger partial charge in [0.05, 0.1) is 6.04 Å². The Morgan fingerprint density at radius 2 is 2.18 bits per heavy atom. The molecule has 0 unspecified atom stereocenters. The summed E-state index contributed by atoms with van der Waals surface area (Å²) in [6.45, 7) is 8.07. The van der Waals surface area contributed by atoms with Gasteiger partial charge in [-0.05, 0) is 40.0 Å². The van der Waals surface area contributed by atoms with Gasteiger partial charge in [-0.3, -0.25) is 0 Å². The van der Waals surface area contributed by atoms with Crippen LogP contribution in [0.25, 0.3) is 0 Å². The van der Waals surface area contributed by atoms with Crippen LogP contribution in [0.5, 0.6) is 0 Å². The molecule has 1 saturated heterocycles. The Morgan fingerprint density at radius 1 is 1.36 bits per heavy atom. The quantitative estimate of drug-likeness (QED) is 0.900. The Balaban J connectivity index is 1.55. The first-order valence-corrected chi connectivity index (χ1v) is 8.04. The number of likely N-dealkylation sites (tertiary alicyclic amines) is 1. The molecule has 0 bridgehead atoms. The van der Waals surface area contributed by atoms with E-state index in [0.29, 0.717) is 12.6 Å². The molecule has 0 aromatic carbocycles.